The summed E-state index contributed by atoms with van der Waals surface area (Å²) >= 11 is 0. The second-order valence-electron chi connectivity index (χ2n) is 5.36. The van der Waals surface area contributed by atoms with Gasteiger partial charge in [0.2, 0.25) is 0 Å². The Hall–Kier alpha value is -2.27. The molecule has 0 unspecified atom stereocenters. The zero-order chi connectivity index (χ0) is 14.1. The molecule has 1 aliphatic rings. The molecule has 1 N–H and O–H groups in total. The molecule has 1 aliphatic heterocycles. The fourth-order valence-corrected chi connectivity index (χ4v) is 2.87. The van der Waals surface area contributed by atoms with Gasteiger partial charge in [-0.3, -0.25) is 4.98 Å². The van der Waals surface area contributed by atoms with Crippen LogP contribution in [0, 0.1) is 0 Å². The maximum absolute atomic E-state index is 5.50. The van der Waals surface area contributed by atoms with Gasteiger partial charge in [-0.2, -0.15) is 4.98 Å². The standard InChI is InChI=1S/C16H16N4O/c1-2-4-14-12(3-1)13(7-10-18-14)16-19-15(20-21-16)11-5-8-17-9-6-11/h1-4,7,10-11,17H,5-6,8-9H2. The molecule has 3 aromatic rings. The fourth-order valence-electron chi connectivity index (χ4n) is 2.87. The molecule has 0 spiro atoms. The first-order valence-corrected chi connectivity index (χ1v) is 7.30. The van der Waals surface area contributed by atoms with E-state index in [2.05, 4.69) is 20.4 Å². The third kappa shape index (κ3) is 2.29. The molecule has 21 heavy (non-hydrogen) atoms. The first kappa shape index (κ1) is 12.5. The van der Waals surface area contributed by atoms with Crippen LogP contribution in [-0.2, 0) is 0 Å². The van der Waals surface area contributed by atoms with E-state index in [9.17, 15) is 0 Å². The summed E-state index contributed by atoms with van der Waals surface area (Å²) in [6.07, 6.45) is 3.91. The molecule has 106 valence electrons. The second kappa shape index (κ2) is 5.26. The third-order valence-corrected chi connectivity index (χ3v) is 4.03. The van der Waals surface area contributed by atoms with E-state index in [0.29, 0.717) is 11.8 Å². The van der Waals surface area contributed by atoms with E-state index >= 15 is 0 Å². The Bertz CT molecular complexity index is 756. The molecule has 0 saturated carbocycles. The fraction of sp³-hybridized carbons (Fsp3) is 0.312. The third-order valence-electron chi connectivity index (χ3n) is 4.03. The first-order chi connectivity index (χ1) is 10.4. The minimum Gasteiger partial charge on any atom is -0.334 e. The van der Waals surface area contributed by atoms with Crippen LogP contribution < -0.4 is 5.32 Å². The van der Waals surface area contributed by atoms with Gasteiger partial charge in [-0.15, -0.1) is 0 Å². The summed E-state index contributed by atoms with van der Waals surface area (Å²) in [6, 6.07) is 9.93. The lowest BCUT2D eigenvalue weighted by Crippen LogP contribution is -2.27. The van der Waals surface area contributed by atoms with Crippen molar-refractivity contribution in [2.45, 2.75) is 18.8 Å². The number of nitrogens with one attached hydrogen (secondary N) is 1. The van der Waals surface area contributed by atoms with Crippen molar-refractivity contribution >= 4 is 10.9 Å². The lowest BCUT2D eigenvalue weighted by Gasteiger charge is -2.18. The van der Waals surface area contributed by atoms with Crippen LogP contribution in [0.15, 0.2) is 41.1 Å². The molecule has 3 heterocycles. The van der Waals surface area contributed by atoms with Crippen LogP contribution in [-0.4, -0.2) is 28.2 Å². The summed E-state index contributed by atoms with van der Waals surface area (Å²) in [5.41, 5.74) is 1.89. The summed E-state index contributed by atoms with van der Waals surface area (Å²) in [4.78, 5) is 8.99. The molecule has 0 atom stereocenters. The van der Waals surface area contributed by atoms with Gasteiger partial charge in [0.15, 0.2) is 5.82 Å². The highest BCUT2D eigenvalue weighted by Gasteiger charge is 2.21. The van der Waals surface area contributed by atoms with Gasteiger partial charge in [0, 0.05) is 17.5 Å². The maximum Gasteiger partial charge on any atom is 0.258 e. The number of hydrogen-bond donors (Lipinski definition) is 1. The summed E-state index contributed by atoms with van der Waals surface area (Å²) < 4.78 is 5.50. The van der Waals surface area contributed by atoms with E-state index in [1.165, 1.54) is 0 Å². The van der Waals surface area contributed by atoms with E-state index in [4.69, 9.17) is 4.52 Å². The van der Waals surface area contributed by atoms with Gasteiger partial charge in [0.1, 0.15) is 0 Å². The summed E-state index contributed by atoms with van der Waals surface area (Å²) in [5, 5.41) is 8.58. The van der Waals surface area contributed by atoms with Crippen molar-refractivity contribution in [1.82, 2.24) is 20.4 Å². The number of fused-ring (bicyclic) bond motifs is 1. The maximum atomic E-state index is 5.50. The predicted molar refractivity (Wildman–Crippen MR) is 79.9 cm³/mol. The number of rotatable bonds is 2. The number of hydrogen-bond acceptors (Lipinski definition) is 5. The highest BCUT2D eigenvalue weighted by atomic mass is 16.5. The summed E-state index contributed by atoms with van der Waals surface area (Å²) in [7, 11) is 0. The molecule has 5 nitrogen and oxygen atoms in total. The minimum absolute atomic E-state index is 0.400. The SMILES string of the molecule is c1ccc2c(-c3nc(C4CCNCC4)no3)ccnc2c1. The molecule has 4 rings (SSSR count). The Morgan fingerprint density at radius 1 is 1.10 bits per heavy atom. The molecule has 0 bridgehead atoms. The average Bonchev–Trinajstić information content (AvgIpc) is 3.05. The van der Waals surface area contributed by atoms with Crippen LogP contribution in [0.2, 0.25) is 0 Å². The quantitative estimate of drug-likeness (QED) is 0.782. The molecule has 1 saturated heterocycles. The van der Waals surface area contributed by atoms with Crippen LogP contribution in [0.4, 0.5) is 0 Å². The van der Waals surface area contributed by atoms with Crippen molar-refractivity contribution in [2.75, 3.05) is 13.1 Å². The second-order valence-corrected chi connectivity index (χ2v) is 5.36. The van der Waals surface area contributed by atoms with Crippen molar-refractivity contribution in [3.8, 4) is 11.5 Å². The number of aromatic nitrogens is 3. The van der Waals surface area contributed by atoms with Crippen LogP contribution in [0.1, 0.15) is 24.6 Å². The molecule has 0 amide bonds. The van der Waals surface area contributed by atoms with Crippen molar-refractivity contribution in [2.24, 2.45) is 0 Å². The van der Waals surface area contributed by atoms with E-state index in [-0.39, 0.29) is 0 Å². The molecule has 5 heteroatoms. The monoisotopic (exact) mass is 280 g/mol. The minimum atomic E-state index is 0.400. The average molecular weight is 280 g/mol. The Balaban J connectivity index is 1.74. The van der Waals surface area contributed by atoms with Crippen LogP contribution in [0.3, 0.4) is 0 Å². The molecule has 0 aliphatic carbocycles. The van der Waals surface area contributed by atoms with Crippen molar-refractivity contribution < 1.29 is 4.52 Å². The van der Waals surface area contributed by atoms with Crippen molar-refractivity contribution in [1.29, 1.82) is 0 Å². The predicted octanol–water partition coefficient (Wildman–Crippen LogP) is 2.75. The first-order valence-electron chi connectivity index (χ1n) is 7.30. The normalized spacial score (nSPS) is 16.4. The van der Waals surface area contributed by atoms with E-state index < -0.39 is 0 Å². The Labute approximate surface area is 122 Å². The zero-order valence-corrected chi connectivity index (χ0v) is 11.6. The van der Waals surface area contributed by atoms with Gasteiger partial charge in [-0.25, -0.2) is 0 Å². The number of benzene rings is 1. The van der Waals surface area contributed by atoms with Gasteiger partial charge < -0.3 is 9.84 Å². The molecule has 0 radical (unpaired) electrons. The largest absolute Gasteiger partial charge is 0.334 e. The van der Waals surface area contributed by atoms with E-state index in [1.807, 2.05) is 30.3 Å². The van der Waals surface area contributed by atoms with Gasteiger partial charge in [0.25, 0.3) is 5.89 Å². The lowest BCUT2D eigenvalue weighted by molar-refractivity contribution is 0.392. The Morgan fingerprint density at radius 2 is 1.95 bits per heavy atom. The molecular weight excluding hydrogens is 264 g/mol. The smallest absolute Gasteiger partial charge is 0.258 e. The van der Waals surface area contributed by atoms with Crippen LogP contribution >= 0.6 is 0 Å². The van der Waals surface area contributed by atoms with E-state index in [1.54, 1.807) is 6.20 Å². The number of pyridine rings is 1. The number of para-hydroxylation sites is 1. The van der Waals surface area contributed by atoms with Gasteiger partial charge in [-0.05, 0) is 38.1 Å². The zero-order valence-electron chi connectivity index (χ0n) is 11.6. The lowest BCUT2D eigenvalue weighted by atomic mass is 9.97. The Kier molecular flexibility index (Phi) is 3.12. The number of nitrogens with zero attached hydrogens (tertiary/aromatic N) is 3. The van der Waals surface area contributed by atoms with Crippen molar-refractivity contribution in [3.05, 3.63) is 42.4 Å². The molecule has 1 aromatic carbocycles. The van der Waals surface area contributed by atoms with Crippen LogP contribution in [0.25, 0.3) is 22.4 Å². The topological polar surface area (TPSA) is 63.8 Å². The van der Waals surface area contributed by atoms with Crippen LogP contribution in [0.5, 0.6) is 0 Å². The van der Waals surface area contributed by atoms with Gasteiger partial charge in [0.05, 0.1) is 11.1 Å². The van der Waals surface area contributed by atoms with E-state index in [0.717, 1.165) is 48.2 Å². The highest BCUT2D eigenvalue weighted by Crippen LogP contribution is 2.29. The van der Waals surface area contributed by atoms with Gasteiger partial charge >= 0.3 is 0 Å². The summed E-state index contributed by atoms with van der Waals surface area (Å²) in [5.74, 6) is 1.81. The highest BCUT2D eigenvalue weighted by molar-refractivity contribution is 5.91. The van der Waals surface area contributed by atoms with Crippen molar-refractivity contribution in [3.63, 3.8) is 0 Å². The number of piperidine rings is 1. The molecular formula is C16H16N4O. The molecule has 1 fully saturated rings. The van der Waals surface area contributed by atoms with Gasteiger partial charge in [-0.1, -0.05) is 23.4 Å². The molecule has 2 aromatic heterocycles. The summed E-state index contributed by atoms with van der Waals surface area (Å²) in [6.45, 7) is 2.04. The Morgan fingerprint density at radius 3 is 2.86 bits per heavy atom.